The van der Waals surface area contributed by atoms with Gasteiger partial charge in [-0.2, -0.15) is 0 Å². The first-order valence-corrected chi connectivity index (χ1v) is 8.23. The minimum atomic E-state index is -1.10. The van der Waals surface area contributed by atoms with E-state index in [1.54, 1.807) is 12.1 Å². The quantitative estimate of drug-likeness (QED) is 0.853. The lowest BCUT2D eigenvalue weighted by Gasteiger charge is -2.34. The first-order chi connectivity index (χ1) is 12.0. The molecule has 2 aliphatic rings. The predicted octanol–water partition coefficient (Wildman–Crippen LogP) is 4.80. The van der Waals surface area contributed by atoms with Gasteiger partial charge in [-0.1, -0.05) is 6.07 Å². The van der Waals surface area contributed by atoms with Crippen molar-refractivity contribution >= 4 is 11.5 Å². The molecule has 1 aliphatic heterocycles. The van der Waals surface area contributed by atoms with Crippen molar-refractivity contribution in [1.29, 1.82) is 0 Å². The summed E-state index contributed by atoms with van der Waals surface area (Å²) in [5.74, 6) is -1.98. The SMILES string of the molecule is O=C(O)c1ccc2c(c1)C(c1c(F)cccc1F)=CC1(CCCC1)O2. The van der Waals surface area contributed by atoms with Crippen molar-refractivity contribution in [3.05, 3.63) is 70.8 Å². The van der Waals surface area contributed by atoms with Gasteiger partial charge in [0, 0.05) is 5.56 Å². The zero-order chi connectivity index (χ0) is 17.6. The fourth-order valence-electron chi connectivity index (χ4n) is 3.73. The van der Waals surface area contributed by atoms with Crippen LogP contribution in [-0.4, -0.2) is 16.7 Å². The number of carbonyl (C=O) groups is 1. The normalized spacial score (nSPS) is 17.8. The lowest BCUT2D eigenvalue weighted by Crippen LogP contribution is -2.33. The van der Waals surface area contributed by atoms with Crippen LogP contribution in [-0.2, 0) is 0 Å². The molecule has 2 aromatic rings. The van der Waals surface area contributed by atoms with Crippen LogP contribution in [0.5, 0.6) is 5.75 Å². The van der Waals surface area contributed by atoms with Crippen LogP contribution < -0.4 is 4.74 Å². The fraction of sp³-hybridized carbons (Fsp3) is 0.250. The van der Waals surface area contributed by atoms with E-state index in [9.17, 15) is 18.7 Å². The lowest BCUT2D eigenvalue weighted by molar-refractivity contribution is 0.0696. The van der Waals surface area contributed by atoms with Crippen LogP contribution in [0.15, 0.2) is 42.5 Å². The third-order valence-corrected chi connectivity index (χ3v) is 4.92. The van der Waals surface area contributed by atoms with Gasteiger partial charge in [0.05, 0.1) is 11.1 Å². The Kier molecular flexibility index (Phi) is 3.60. The van der Waals surface area contributed by atoms with Crippen LogP contribution in [0.25, 0.3) is 5.57 Å². The fourth-order valence-corrected chi connectivity index (χ4v) is 3.73. The van der Waals surface area contributed by atoms with Gasteiger partial charge in [0.1, 0.15) is 23.0 Å². The van der Waals surface area contributed by atoms with Crippen LogP contribution in [0.3, 0.4) is 0 Å². The lowest BCUT2D eigenvalue weighted by atomic mass is 9.86. The maximum absolute atomic E-state index is 14.4. The Morgan fingerprint density at radius 2 is 1.76 bits per heavy atom. The number of hydrogen-bond acceptors (Lipinski definition) is 2. The number of halogens is 2. The van der Waals surface area contributed by atoms with E-state index in [1.165, 1.54) is 30.3 Å². The smallest absolute Gasteiger partial charge is 0.335 e. The molecule has 1 fully saturated rings. The molecule has 0 unspecified atom stereocenters. The molecule has 2 aromatic carbocycles. The molecule has 1 aliphatic carbocycles. The van der Waals surface area contributed by atoms with E-state index < -0.39 is 23.2 Å². The van der Waals surface area contributed by atoms with Gasteiger partial charge in [0.15, 0.2) is 0 Å². The van der Waals surface area contributed by atoms with Crippen molar-refractivity contribution in [3.63, 3.8) is 0 Å². The van der Waals surface area contributed by atoms with Crippen molar-refractivity contribution < 1.29 is 23.4 Å². The maximum Gasteiger partial charge on any atom is 0.335 e. The number of hydrogen-bond donors (Lipinski definition) is 1. The second kappa shape index (κ2) is 5.69. The van der Waals surface area contributed by atoms with Crippen molar-refractivity contribution in [1.82, 2.24) is 0 Å². The summed E-state index contributed by atoms with van der Waals surface area (Å²) in [6.45, 7) is 0. The average molecular weight is 342 g/mol. The molecule has 25 heavy (non-hydrogen) atoms. The molecule has 4 rings (SSSR count). The zero-order valence-corrected chi connectivity index (χ0v) is 13.4. The molecule has 1 N–H and O–H groups in total. The molecule has 3 nitrogen and oxygen atoms in total. The summed E-state index contributed by atoms with van der Waals surface area (Å²) in [6, 6.07) is 8.16. The van der Waals surface area contributed by atoms with E-state index in [4.69, 9.17) is 4.74 Å². The Hall–Kier alpha value is -2.69. The Labute approximate surface area is 143 Å². The van der Waals surface area contributed by atoms with E-state index in [0.29, 0.717) is 16.9 Å². The molecule has 0 bridgehead atoms. The number of benzene rings is 2. The highest BCUT2D eigenvalue weighted by Gasteiger charge is 2.39. The van der Waals surface area contributed by atoms with Gasteiger partial charge in [0.25, 0.3) is 0 Å². The molecule has 0 amide bonds. The van der Waals surface area contributed by atoms with Crippen LogP contribution in [0.1, 0.15) is 47.2 Å². The van der Waals surface area contributed by atoms with Gasteiger partial charge in [-0.3, -0.25) is 0 Å². The first kappa shape index (κ1) is 15.8. The second-order valence-electron chi connectivity index (χ2n) is 6.54. The van der Waals surface area contributed by atoms with Crippen LogP contribution in [0.4, 0.5) is 8.78 Å². The van der Waals surface area contributed by atoms with Crippen LogP contribution in [0.2, 0.25) is 0 Å². The minimum absolute atomic E-state index is 0.0485. The van der Waals surface area contributed by atoms with Gasteiger partial charge in [-0.25, -0.2) is 13.6 Å². The molecule has 1 spiro atoms. The van der Waals surface area contributed by atoms with Crippen molar-refractivity contribution in [2.24, 2.45) is 0 Å². The monoisotopic (exact) mass is 342 g/mol. The molecule has 1 heterocycles. The number of carboxylic acid groups (broad SMARTS) is 1. The Balaban J connectivity index is 1.97. The molecule has 1 saturated carbocycles. The molecule has 0 saturated heterocycles. The van der Waals surface area contributed by atoms with Gasteiger partial charge < -0.3 is 9.84 Å². The minimum Gasteiger partial charge on any atom is -0.483 e. The van der Waals surface area contributed by atoms with E-state index in [2.05, 4.69) is 0 Å². The van der Waals surface area contributed by atoms with Crippen molar-refractivity contribution in [2.45, 2.75) is 31.3 Å². The summed E-state index contributed by atoms with van der Waals surface area (Å²) in [4.78, 5) is 11.3. The van der Waals surface area contributed by atoms with Crippen molar-refractivity contribution in [3.8, 4) is 5.75 Å². The highest BCUT2D eigenvalue weighted by Crippen LogP contribution is 2.46. The van der Waals surface area contributed by atoms with E-state index in [1.807, 2.05) is 0 Å². The molecular formula is C20H16F2O3. The largest absolute Gasteiger partial charge is 0.483 e. The highest BCUT2D eigenvalue weighted by molar-refractivity contribution is 5.92. The summed E-state index contributed by atoms with van der Waals surface area (Å²) < 4.78 is 35.0. The molecule has 128 valence electrons. The standard InChI is InChI=1S/C20H16F2O3/c21-15-4-3-5-16(22)18(15)14-11-20(8-1-2-9-20)25-17-7-6-12(19(23)24)10-13(14)17/h3-7,10-11H,1-2,8-9H2,(H,23,24). The van der Waals surface area contributed by atoms with Gasteiger partial charge in [-0.05, 0) is 67.7 Å². The highest BCUT2D eigenvalue weighted by atomic mass is 19.1. The van der Waals surface area contributed by atoms with Crippen LogP contribution >= 0.6 is 0 Å². The van der Waals surface area contributed by atoms with E-state index in [0.717, 1.165) is 25.7 Å². The number of aromatic carboxylic acids is 1. The molecular weight excluding hydrogens is 326 g/mol. The number of ether oxygens (including phenoxy) is 1. The molecule has 0 radical (unpaired) electrons. The summed E-state index contributed by atoms with van der Waals surface area (Å²) in [6.07, 6.45) is 5.27. The van der Waals surface area contributed by atoms with E-state index in [-0.39, 0.29) is 11.1 Å². The zero-order valence-electron chi connectivity index (χ0n) is 13.4. The molecule has 5 heteroatoms. The van der Waals surface area contributed by atoms with Gasteiger partial charge >= 0.3 is 5.97 Å². The topological polar surface area (TPSA) is 46.5 Å². The summed E-state index contributed by atoms with van der Waals surface area (Å²) in [5, 5.41) is 9.25. The molecule has 0 atom stereocenters. The second-order valence-corrected chi connectivity index (χ2v) is 6.54. The van der Waals surface area contributed by atoms with Crippen LogP contribution in [0, 0.1) is 11.6 Å². The van der Waals surface area contributed by atoms with E-state index >= 15 is 0 Å². The predicted molar refractivity (Wildman–Crippen MR) is 88.7 cm³/mol. The average Bonchev–Trinajstić information content (AvgIpc) is 3.01. The Bertz CT molecular complexity index is 876. The Morgan fingerprint density at radius 1 is 1.08 bits per heavy atom. The number of carboxylic acids is 1. The Morgan fingerprint density at radius 3 is 2.40 bits per heavy atom. The number of rotatable bonds is 2. The summed E-state index contributed by atoms with van der Waals surface area (Å²) >= 11 is 0. The first-order valence-electron chi connectivity index (χ1n) is 8.23. The van der Waals surface area contributed by atoms with Gasteiger partial charge in [0.2, 0.25) is 0 Å². The van der Waals surface area contributed by atoms with Gasteiger partial charge in [-0.15, -0.1) is 0 Å². The van der Waals surface area contributed by atoms with Crippen molar-refractivity contribution in [2.75, 3.05) is 0 Å². The number of fused-ring (bicyclic) bond motifs is 1. The third kappa shape index (κ3) is 2.60. The summed E-state index contributed by atoms with van der Waals surface area (Å²) in [7, 11) is 0. The molecule has 0 aromatic heterocycles. The maximum atomic E-state index is 14.4. The summed E-state index contributed by atoms with van der Waals surface area (Å²) in [5.41, 5.74) is 0.0958. The third-order valence-electron chi connectivity index (χ3n) is 4.92.